The van der Waals surface area contributed by atoms with Gasteiger partial charge in [0.15, 0.2) is 0 Å². The average Bonchev–Trinajstić information content (AvgIpc) is 3.49. The summed E-state index contributed by atoms with van der Waals surface area (Å²) < 4.78 is 26.8. The first-order chi connectivity index (χ1) is 16.4. The fourth-order valence-corrected chi connectivity index (χ4v) is 8.26. The Kier molecular flexibility index (Phi) is 6.50. The molecule has 0 bridgehead atoms. The molecule has 2 atom stereocenters. The molecule has 2 unspecified atom stereocenters. The number of hydrogen-bond acceptors (Lipinski definition) is 7. The highest BCUT2D eigenvalue weighted by Gasteiger charge is 2.37. The summed E-state index contributed by atoms with van der Waals surface area (Å²) in [7, 11) is -2.67. The number of nitrogens with zero attached hydrogens (tertiary/aromatic N) is 4. The first kappa shape index (κ1) is 23.1. The first-order valence-electron chi connectivity index (χ1n) is 11.5. The highest BCUT2D eigenvalue weighted by molar-refractivity contribution is 7.99. The molecule has 2 aliphatic heterocycles. The molecule has 1 amide bonds. The number of hydrogen-bond donors (Lipinski definition) is 3. The number of amides is 1. The van der Waals surface area contributed by atoms with E-state index in [4.69, 9.17) is 5.26 Å². The summed E-state index contributed by atoms with van der Waals surface area (Å²) in [6, 6.07) is 7.58. The summed E-state index contributed by atoms with van der Waals surface area (Å²) in [5, 5.41) is 18.1. The maximum absolute atomic E-state index is 12.8. The Morgan fingerprint density at radius 2 is 1.85 bits per heavy atom. The molecular weight excluding hydrogens is 474 g/mol. The van der Waals surface area contributed by atoms with Crippen LogP contribution >= 0.6 is 0 Å². The second kappa shape index (κ2) is 9.56. The van der Waals surface area contributed by atoms with Gasteiger partial charge in [0.25, 0.3) is 11.7 Å². The monoisotopic (exact) mass is 501 g/mol. The normalized spacial score (nSPS) is 26.3. The fraction of sp³-hybridized carbons (Fsp3) is 0.545. The molecule has 3 heterocycles. The van der Waals surface area contributed by atoms with Crippen LogP contribution in [-0.2, 0) is 22.0 Å². The van der Waals surface area contributed by atoms with Crippen molar-refractivity contribution in [2.24, 2.45) is 5.41 Å². The molecule has 34 heavy (non-hydrogen) atoms. The van der Waals surface area contributed by atoms with Gasteiger partial charge in [0, 0.05) is 30.5 Å². The van der Waals surface area contributed by atoms with E-state index in [0.717, 1.165) is 37.2 Å². The zero-order chi connectivity index (χ0) is 23.7. The lowest BCUT2D eigenvalue weighted by Crippen LogP contribution is -2.39. The number of nitriles is 1. The molecule has 180 valence electrons. The first-order valence-corrected chi connectivity index (χ1v) is 14.1. The topological polar surface area (TPSA) is 144 Å². The predicted molar refractivity (Wildman–Crippen MR) is 130 cm³/mol. The van der Waals surface area contributed by atoms with Gasteiger partial charge in [-0.25, -0.2) is 8.42 Å². The van der Waals surface area contributed by atoms with Crippen LogP contribution in [0.15, 0.2) is 18.2 Å². The Hall–Kier alpha value is -2.62. The SMILES string of the molecule is N#Cc1n[nH]c(C(=O)Nc2ccc(C3CS(=O)NS(=O)C3)cc2N2CCC3(CCCC3)CC2)n1. The van der Waals surface area contributed by atoms with Crippen molar-refractivity contribution in [3.63, 3.8) is 0 Å². The third-order valence-electron chi connectivity index (χ3n) is 7.26. The second-order valence-corrected chi connectivity index (χ2v) is 12.1. The third kappa shape index (κ3) is 4.78. The number of aromatic nitrogens is 3. The summed E-state index contributed by atoms with van der Waals surface area (Å²) in [4.78, 5) is 19.0. The van der Waals surface area contributed by atoms with Crippen molar-refractivity contribution < 1.29 is 13.2 Å². The van der Waals surface area contributed by atoms with Gasteiger partial charge in [-0.3, -0.25) is 9.89 Å². The number of carbonyl (C=O) groups excluding carboxylic acids is 1. The number of anilines is 2. The van der Waals surface area contributed by atoms with Gasteiger partial charge in [-0.1, -0.05) is 18.9 Å². The van der Waals surface area contributed by atoms with E-state index in [0.29, 0.717) is 22.6 Å². The number of benzene rings is 1. The largest absolute Gasteiger partial charge is 0.370 e. The summed E-state index contributed by atoms with van der Waals surface area (Å²) >= 11 is 0. The molecule has 1 aromatic heterocycles. The molecule has 1 spiro atoms. The van der Waals surface area contributed by atoms with Gasteiger partial charge < -0.3 is 10.2 Å². The van der Waals surface area contributed by atoms with E-state index in [1.807, 2.05) is 24.3 Å². The molecule has 3 fully saturated rings. The maximum atomic E-state index is 12.8. The van der Waals surface area contributed by atoms with Crippen LogP contribution in [0.1, 0.15) is 66.4 Å². The lowest BCUT2D eigenvalue weighted by molar-refractivity contribution is 0.101. The van der Waals surface area contributed by atoms with E-state index in [1.54, 1.807) is 0 Å². The van der Waals surface area contributed by atoms with Gasteiger partial charge in [-0.2, -0.15) is 14.4 Å². The van der Waals surface area contributed by atoms with Gasteiger partial charge in [-0.05, 0) is 48.8 Å². The molecule has 2 saturated heterocycles. The minimum atomic E-state index is -1.34. The van der Waals surface area contributed by atoms with Gasteiger partial charge in [-0.15, -0.1) is 5.10 Å². The molecule has 2 aromatic rings. The van der Waals surface area contributed by atoms with Crippen LogP contribution in [0, 0.1) is 16.7 Å². The molecule has 3 N–H and O–H groups in total. The summed E-state index contributed by atoms with van der Waals surface area (Å²) in [5.41, 5.74) is 2.95. The van der Waals surface area contributed by atoms with E-state index in [1.165, 1.54) is 25.7 Å². The zero-order valence-corrected chi connectivity index (χ0v) is 20.3. The van der Waals surface area contributed by atoms with Crippen LogP contribution in [0.25, 0.3) is 0 Å². The Balaban J connectivity index is 1.42. The molecule has 12 heteroatoms. The number of piperidine rings is 1. The van der Waals surface area contributed by atoms with Gasteiger partial charge in [0.05, 0.1) is 11.4 Å². The molecule has 5 rings (SSSR count). The van der Waals surface area contributed by atoms with Crippen molar-refractivity contribution >= 4 is 39.3 Å². The third-order valence-corrected chi connectivity index (χ3v) is 10.2. The number of nitrogens with one attached hydrogen (secondary N) is 3. The number of aromatic amines is 1. The molecule has 1 saturated carbocycles. The average molecular weight is 502 g/mol. The van der Waals surface area contributed by atoms with Crippen molar-refractivity contribution in [3.05, 3.63) is 35.4 Å². The van der Waals surface area contributed by atoms with Crippen molar-refractivity contribution in [3.8, 4) is 6.07 Å². The van der Waals surface area contributed by atoms with Crippen LogP contribution in [-0.4, -0.2) is 54.1 Å². The minimum absolute atomic E-state index is 0.0284. The zero-order valence-electron chi connectivity index (χ0n) is 18.7. The van der Waals surface area contributed by atoms with Crippen molar-refractivity contribution in [2.75, 3.05) is 34.8 Å². The smallest absolute Gasteiger partial charge is 0.293 e. The molecule has 1 aliphatic carbocycles. The van der Waals surface area contributed by atoms with Crippen molar-refractivity contribution in [2.45, 2.75) is 44.4 Å². The lowest BCUT2D eigenvalue weighted by atomic mass is 9.77. The Labute approximate surface area is 203 Å². The van der Waals surface area contributed by atoms with Gasteiger partial charge in [0.1, 0.15) is 28.0 Å². The summed E-state index contributed by atoms with van der Waals surface area (Å²) in [6.45, 7) is 1.80. The quantitative estimate of drug-likeness (QED) is 0.582. The van der Waals surface area contributed by atoms with Crippen molar-refractivity contribution in [1.82, 2.24) is 19.3 Å². The number of carbonyl (C=O) groups is 1. The fourth-order valence-electron chi connectivity index (χ4n) is 5.39. The Bertz CT molecular complexity index is 1160. The van der Waals surface area contributed by atoms with Crippen LogP contribution < -0.4 is 14.3 Å². The lowest BCUT2D eigenvalue weighted by Gasteiger charge is -2.41. The maximum Gasteiger partial charge on any atom is 0.293 e. The van der Waals surface area contributed by atoms with E-state index < -0.39 is 27.9 Å². The molecule has 3 aliphatic rings. The Morgan fingerprint density at radius 3 is 2.50 bits per heavy atom. The van der Waals surface area contributed by atoms with E-state index >= 15 is 0 Å². The van der Waals surface area contributed by atoms with Crippen LogP contribution in [0.3, 0.4) is 0 Å². The van der Waals surface area contributed by atoms with E-state index in [9.17, 15) is 13.2 Å². The molecule has 1 aromatic carbocycles. The highest BCUT2D eigenvalue weighted by Crippen LogP contribution is 2.47. The van der Waals surface area contributed by atoms with Crippen LogP contribution in [0.4, 0.5) is 11.4 Å². The number of rotatable bonds is 4. The summed E-state index contributed by atoms with van der Waals surface area (Å²) in [6.07, 6.45) is 7.46. The Morgan fingerprint density at radius 1 is 1.15 bits per heavy atom. The highest BCUT2D eigenvalue weighted by atomic mass is 32.3. The van der Waals surface area contributed by atoms with Gasteiger partial charge in [0.2, 0.25) is 5.82 Å². The van der Waals surface area contributed by atoms with Crippen LogP contribution in [0.5, 0.6) is 0 Å². The van der Waals surface area contributed by atoms with E-state index in [-0.39, 0.29) is 17.6 Å². The minimum Gasteiger partial charge on any atom is -0.370 e. The van der Waals surface area contributed by atoms with Crippen LogP contribution in [0.2, 0.25) is 0 Å². The number of H-pyrrole nitrogens is 1. The predicted octanol–water partition coefficient (Wildman–Crippen LogP) is 2.10. The molecular formula is C22H27N7O3S2. The van der Waals surface area contributed by atoms with E-state index in [2.05, 4.69) is 29.5 Å². The molecule has 10 nitrogen and oxygen atoms in total. The van der Waals surface area contributed by atoms with Gasteiger partial charge >= 0.3 is 0 Å². The molecule has 0 radical (unpaired) electrons. The van der Waals surface area contributed by atoms with Crippen molar-refractivity contribution in [1.29, 1.82) is 5.26 Å². The summed E-state index contributed by atoms with van der Waals surface area (Å²) in [5.74, 6) is 0.107. The second-order valence-electron chi connectivity index (χ2n) is 9.35. The standard InChI is InChI=1S/C22H27N7O3S2/c23-12-19-25-20(27-26-19)21(30)24-17-4-3-15(16-13-33(31)28-34(32)14-16)11-18(17)29-9-7-22(8-10-29)5-1-2-6-22/h3-4,11,16,28H,1-2,5-10,13-14H2,(H,24,30)(H,25,26,27).